The number of amides is 1. The highest BCUT2D eigenvalue weighted by molar-refractivity contribution is 7.99. The largest absolute Gasteiger partial charge is 0.495 e. The molecule has 1 aromatic heterocycles. The maximum Gasteiger partial charge on any atom is 0.234 e. The number of methoxy groups -OCH3 is 2. The van der Waals surface area contributed by atoms with Gasteiger partial charge in [0.25, 0.3) is 0 Å². The van der Waals surface area contributed by atoms with Crippen molar-refractivity contribution in [3.05, 3.63) is 51.3 Å². The second kappa shape index (κ2) is 11.0. The Balaban J connectivity index is 1.60. The summed E-state index contributed by atoms with van der Waals surface area (Å²) in [4.78, 5) is 12.5. The minimum atomic E-state index is -0.240. The zero-order valence-electron chi connectivity index (χ0n) is 18.9. The lowest BCUT2D eigenvalue weighted by Gasteiger charge is -2.13. The van der Waals surface area contributed by atoms with E-state index in [1.54, 1.807) is 16.7 Å². The third-order valence-corrected chi connectivity index (χ3v) is 6.70. The van der Waals surface area contributed by atoms with Gasteiger partial charge in [0.2, 0.25) is 5.91 Å². The highest BCUT2D eigenvalue weighted by Gasteiger charge is 2.15. The minimum absolute atomic E-state index is 0.122. The van der Waals surface area contributed by atoms with Gasteiger partial charge in [0, 0.05) is 24.2 Å². The molecule has 1 N–H and O–H groups in total. The lowest BCUT2D eigenvalue weighted by molar-refractivity contribution is -0.113. The molecule has 0 saturated heterocycles. The minimum Gasteiger partial charge on any atom is -0.495 e. The highest BCUT2D eigenvalue weighted by atomic mass is 35.5. The van der Waals surface area contributed by atoms with E-state index in [0.717, 1.165) is 16.1 Å². The predicted octanol–water partition coefficient (Wildman–Crippen LogP) is 5.07. The molecule has 0 aliphatic carbocycles. The number of rotatable bonds is 9. The van der Waals surface area contributed by atoms with Gasteiger partial charge in [-0.05, 0) is 37.1 Å². The number of halogens is 2. The summed E-state index contributed by atoms with van der Waals surface area (Å²) in [5, 5.41) is 12.8. The number of nitrogens with zero attached hydrogens (tertiary/aromatic N) is 3. The number of aromatic nitrogens is 3. The summed E-state index contributed by atoms with van der Waals surface area (Å²) in [5.74, 6) is 2.09. The normalized spacial score (nSPS) is 10.8. The predicted molar refractivity (Wildman–Crippen MR) is 130 cm³/mol. The molecule has 0 fully saturated rings. The molecule has 3 aromatic rings. The Morgan fingerprint density at radius 2 is 1.73 bits per heavy atom. The number of thioether (sulfide) groups is 1. The standard InChI is InChI=1S/C22H24Cl2N4O4S/c1-12-6-14(7-13(2)21(12)24)32-10-19-26-27-22(28(19)3)33-11-20(29)25-16-9-17(30-4)15(23)8-18(16)31-5/h6-9H,10-11H2,1-5H3,(H,25,29). The monoisotopic (exact) mass is 510 g/mol. The first-order chi connectivity index (χ1) is 15.7. The van der Waals surface area contributed by atoms with Crippen molar-refractivity contribution in [2.75, 3.05) is 25.3 Å². The van der Waals surface area contributed by atoms with E-state index in [1.807, 2.05) is 33.0 Å². The molecule has 0 saturated carbocycles. The lowest BCUT2D eigenvalue weighted by Crippen LogP contribution is -2.15. The number of aryl methyl sites for hydroxylation is 2. The molecule has 33 heavy (non-hydrogen) atoms. The SMILES string of the molecule is COc1cc(NC(=O)CSc2nnc(COc3cc(C)c(Cl)c(C)c3)n2C)c(OC)cc1Cl. The van der Waals surface area contributed by atoms with Gasteiger partial charge in [0.15, 0.2) is 11.0 Å². The molecular weight excluding hydrogens is 487 g/mol. The van der Waals surface area contributed by atoms with E-state index in [1.165, 1.54) is 26.0 Å². The van der Waals surface area contributed by atoms with Crippen molar-refractivity contribution in [1.82, 2.24) is 14.8 Å². The Kier molecular flexibility index (Phi) is 8.34. The summed E-state index contributed by atoms with van der Waals surface area (Å²) < 4.78 is 18.1. The lowest BCUT2D eigenvalue weighted by atomic mass is 10.1. The average Bonchev–Trinajstić information content (AvgIpc) is 3.14. The zero-order chi connectivity index (χ0) is 24.1. The summed E-state index contributed by atoms with van der Waals surface area (Å²) in [6.07, 6.45) is 0. The van der Waals surface area contributed by atoms with Crippen LogP contribution in [0.2, 0.25) is 10.0 Å². The van der Waals surface area contributed by atoms with Crippen molar-refractivity contribution < 1.29 is 19.0 Å². The van der Waals surface area contributed by atoms with Gasteiger partial charge in [0.1, 0.15) is 23.9 Å². The van der Waals surface area contributed by atoms with Gasteiger partial charge in [-0.1, -0.05) is 35.0 Å². The van der Waals surface area contributed by atoms with E-state index < -0.39 is 0 Å². The van der Waals surface area contributed by atoms with Gasteiger partial charge in [-0.25, -0.2) is 0 Å². The van der Waals surface area contributed by atoms with Crippen LogP contribution in [0, 0.1) is 13.8 Å². The van der Waals surface area contributed by atoms with Crippen LogP contribution in [0.3, 0.4) is 0 Å². The Morgan fingerprint density at radius 3 is 2.36 bits per heavy atom. The van der Waals surface area contributed by atoms with Crippen LogP contribution in [0.15, 0.2) is 29.4 Å². The zero-order valence-corrected chi connectivity index (χ0v) is 21.2. The maximum atomic E-state index is 12.5. The summed E-state index contributed by atoms with van der Waals surface area (Å²) in [5.41, 5.74) is 2.36. The molecular formula is C22H24Cl2N4O4S. The van der Waals surface area contributed by atoms with Crippen LogP contribution in [0.25, 0.3) is 0 Å². The molecule has 0 atom stereocenters. The molecule has 0 aliphatic heterocycles. The van der Waals surface area contributed by atoms with E-state index in [-0.39, 0.29) is 18.3 Å². The Labute approximate surface area is 206 Å². The molecule has 0 unspecified atom stereocenters. The van der Waals surface area contributed by atoms with Crippen molar-refractivity contribution in [3.63, 3.8) is 0 Å². The van der Waals surface area contributed by atoms with Gasteiger partial charge in [-0.15, -0.1) is 10.2 Å². The second-order valence-electron chi connectivity index (χ2n) is 7.14. The number of anilines is 1. The Morgan fingerprint density at radius 1 is 1.06 bits per heavy atom. The van der Waals surface area contributed by atoms with E-state index >= 15 is 0 Å². The van der Waals surface area contributed by atoms with Crippen LogP contribution in [0.5, 0.6) is 17.2 Å². The first-order valence-corrected chi connectivity index (χ1v) is 11.6. The van der Waals surface area contributed by atoms with E-state index in [9.17, 15) is 4.79 Å². The van der Waals surface area contributed by atoms with Gasteiger partial charge >= 0.3 is 0 Å². The summed E-state index contributed by atoms with van der Waals surface area (Å²) in [6, 6.07) is 6.96. The van der Waals surface area contributed by atoms with Crippen LogP contribution >= 0.6 is 35.0 Å². The van der Waals surface area contributed by atoms with Crippen molar-refractivity contribution in [3.8, 4) is 17.2 Å². The second-order valence-corrected chi connectivity index (χ2v) is 8.87. The number of hydrogen-bond acceptors (Lipinski definition) is 7. The fourth-order valence-corrected chi connectivity index (χ4v) is 4.08. The number of carbonyl (C=O) groups is 1. The number of benzene rings is 2. The van der Waals surface area contributed by atoms with Crippen molar-refractivity contribution >= 4 is 46.6 Å². The third-order valence-electron chi connectivity index (χ3n) is 4.78. The van der Waals surface area contributed by atoms with Crippen molar-refractivity contribution in [1.29, 1.82) is 0 Å². The van der Waals surface area contributed by atoms with Crippen LogP contribution in [0.4, 0.5) is 5.69 Å². The van der Waals surface area contributed by atoms with E-state index in [4.69, 9.17) is 37.4 Å². The molecule has 0 bridgehead atoms. The molecule has 11 heteroatoms. The van der Waals surface area contributed by atoms with E-state index in [0.29, 0.717) is 38.9 Å². The first-order valence-electron chi connectivity index (χ1n) is 9.85. The van der Waals surface area contributed by atoms with Crippen LogP contribution in [0.1, 0.15) is 17.0 Å². The van der Waals surface area contributed by atoms with Gasteiger partial charge in [-0.2, -0.15) is 0 Å². The Hall–Kier alpha value is -2.62. The van der Waals surface area contributed by atoms with E-state index in [2.05, 4.69) is 15.5 Å². The number of carbonyl (C=O) groups excluding carboxylic acids is 1. The topological polar surface area (TPSA) is 87.5 Å². The van der Waals surface area contributed by atoms with Crippen LogP contribution in [-0.4, -0.2) is 40.6 Å². The summed E-state index contributed by atoms with van der Waals surface area (Å²) >= 11 is 13.6. The number of ether oxygens (including phenoxy) is 3. The number of nitrogens with one attached hydrogen (secondary N) is 1. The molecule has 2 aromatic carbocycles. The average molecular weight is 511 g/mol. The molecule has 1 heterocycles. The molecule has 0 radical (unpaired) electrons. The Bertz CT molecular complexity index is 1150. The molecule has 8 nitrogen and oxygen atoms in total. The first kappa shape index (κ1) is 25.0. The molecule has 0 spiro atoms. The maximum absolute atomic E-state index is 12.5. The molecule has 1 amide bonds. The highest BCUT2D eigenvalue weighted by Crippen LogP contribution is 2.36. The fourth-order valence-electron chi connectivity index (χ4n) is 3.01. The van der Waals surface area contributed by atoms with Crippen molar-refractivity contribution in [2.45, 2.75) is 25.6 Å². The third kappa shape index (κ3) is 6.04. The summed E-state index contributed by atoms with van der Waals surface area (Å²) in [6.45, 7) is 4.10. The quantitative estimate of drug-likeness (QED) is 0.402. The van der Waals surface area contributed by atoms with Gasteiger partial charge in [-0.3, -0.25) is 4.79 Å². The van der Waals surface area contributed by atoms with Crippen LogP contribution < -0.4 is 19.5 Å². The van der Waals surface area contributed by atoms with Crippen LogP contribution in [-0.2, 0) is 18.4 Å². The van der Waals surface area contributed by atoms with Crippen molar-refractivity contribution in [2.24, 2.45) is 7.05 Å². The fraction of sp³-hybridized carbons (Fsp3) is 0.318. The number of hydrogen-bond donors (Lipinski definition) is 1. The molecule has 3 rings (SSSR count). The van der Waals surface area contributed by atoms with Gasteiger partial charge in [0.05, 0.1) is 30.7 Å². The summed E-state index contributed by atoms with van der Waals surface area (Å²) in [7, 11) is 4.82. The molecule has 176 valence electrons. The van der Waals surface area contributed by atoms with Gasteiger partial charge < -0.3 is 24.1 Å². The molecule has 0 aliphatic rings. The smallest absolute Gasteiger partial charge is 0.234 e.